The summed E-state index contributed by atoms with van der Waals surface area (Å²) in [5.74, 6) is 0.713. The molecule has 1 amide bonds. The van der Waals surface area contributed by atoms with E-state index in [1.54, 1.807) is 24.9 Å². The minimum absolute atomic E-state index is 0.0964. The molecule has 6 nitrogen and oxygen atoms in total. The van der Waals surface area contributed by atoms with Gasteiger partial charge in [-0.1, -0.05) is 0 Å². The van der Waals surface area contributed by atoms with E-state index in [4.69, 9.17) is 9.15 Å². The fourth-order valence-corrected chi connectivity index (χ4v) is 3.49. The molecule has 0 saturated carbocycles. The van der Waals surface area contributed by atoms with Crippen molar-refractivity contribution in [2.75, 3.05) is 13.1 Å². The second-order valence-corrected chi connectivity index (χ2v) is 7.29. The topological polar surface area (TPSA) is 67.6 Å². The molecule has 0 unspecified atom stereocenters. The lowest BCUT2D eigenvalue weighted by Crippen LogP contribution is -2.37. The zero-order valence-corrected chi connectivity index (χ0v) is 16.3. The Balaban J connectivity index is 1.23. The van der Waals surface area contributed by atoms with Gasteiger partial charge in [-0.05, 0) is 60.9 Å². The highest BCUT2D eigenvalue weighted by molar-refractivity contribution is 5.94. The SMILES string of the molecule is O=C(NCc1ccncc1)c1ccc(OC2CCN(Cc3ccoc3)CC2)cc1. The molecule has 1 aliphatic rings. The van der Waals surface area contributed by atoms with Crippen LogP contribution in [0.3, 0.4) is 0 Å². The van der Waals surface area contributed by atoms with Gasteiger partial charge in [-0.25, -0.2) is 0 Å². The number of ether oxygens (including phenoxy) is 1. The maximum absolute atomic E-state index is 12.3. The van der Waals surface area contributed by atoms with Crippen molar-refractivity contribution < 1.29 is 13.9 Å². The fourth-order valence-electron chi connectivity index (χ4n) is 3.49. The summed E-state index contributed by atoms with van der Waals surface area (Å²) >= 11 is 0. The van der Waals surface area contributed by atoms with Crippen molar-refractivity contribution in [1.82, 2.24) is 15.2 Å². The van der Waals surface area contributed by atoms with Gasteiger partial charge in [0.15, 0.2) is 0 Å². The van der Waals surface area contributed by atoms with Gasteiger partial charge in [0.05, 0.1) is 12.5 Å². The van der Waals surface area contributed by atoms with Crippen LogP contribution < -0.4 is 10.1 Å². The van der Waals surface area contributed by atoms with Crippen molar-refractivity contribution in [2.24, 2.45) is 0 Å². The fraction of sp³-hybridized carbons (Fsp3) is 0.304. The number of aromatic nitrogens is 1. The van der Waals surface area contributed by atoms with Crippen LogP contribution >= 0.6 is 0 Å². The lowest BCUT2D eigenvalue weighted by Gasteiger charge is -2.31. The van der Waals surface area contributed by atoms with Crippen LogP contribution in [-0.2, 0) is 13.1 Å². The number of hydrogen-bond donors (Lipinski definition) is 1. The number of carbonyl (C=O) groups is 1. The molecular weight excluding hydrogens is 366 g/mol. The van der Waals surface area contributed by atoms with E-state index in [9.17, 15) is 4.79 Å². The Bertz CT molecular complexity index is 887. The number of carbonyl (C=O) groups excluding carboxylic acids is 1. The summed E-state index contributed by atoms with van der Waals surface area (Å²) in [7, 11) is 0. The molecule has 29 heavy (non-hydrogen) atoms. The Labute approximate surface area is 170 Å². The van der Waals surface area contributed by atoms with Gasteiger partial charge in [0.1, 0.15) is 11.9 Å². The van der Waals surface area contributed by atoms with Gasteiger partial charge in [-0.3, -0.25) is 14.7 Å². The summed E-state index contributed by atoms with van der Waals surface area (Å²) in [4.78, 5) is 18.7. The van der Waals surface area contributed by atoms with Gasteiger partial charge >= 0.3 is 0 Å². The average molecular weight is 391 g/mol. The first-order valence-corrected chi connectivity index (χ1v) is 9.93. The van der Waals surface area contributed by atoms with E-state index in [-0.39, 0.29) is 12.0 Å². The third kappa shape index (κ3) is 5.45. The molecule has 3 aromatic rings. The van der Waals surface area contributed by atoms with Crippen molar-refractivity contribution in [2.45, 2.75) is 32.0 Å². The van der Waals surface area contributed by atoms with Crippen LogP contribution in [0, 0.1) is 0 Å². The molecule has 1 aromatic carbocycles. The molecule has 1 N–H and O–H groups in total. The number of nitrogens with zero attached hydrogens (tertiary/aromatic N) is 2. The smallest absolute Gasteiger partial charge is 0.251 e. The normalized spacial score (nSPS) is 15.2. The van der Waals surface area contributed by atoms with E-state index in [2.05, 4.69) is 15.2 Å². The number of likely N-dealkylation sites (tertiary alicyclic amines) is 1. The van der Waals surface area contributed by atoms with E-state index in [0.717, 1.165) is 43.8 Å². The summed E-state index contributed by atoms with van der Waals surface area (Å²) in [6, 6.07) is 13.2. The predicted octanol–water partition coefficient (Wildman–Crippen LogP) is 3.65. The van der Waals surface area contributed by atoms with Gasteiger partial charge < -0.3 is 14.5 Å². The molecule has 1 fully saturated rings. The molecule has 150 valence electrons. The first kappa shape index (κ1) is 19.2. The highest BCUT2D eigenvalue weighted by Gasteiger charge is 2.21. The zero-order valence-electron chi connectivity index (χ0n) is 16.3. The summed E-state index contributed by atoms with van der Waals surface area (Å²) in [5, 5.41) is 2.92. The number of rotatable bonds is 7. The summed E-state index contributed by atoms with van der Waals surface area (Å²) in [5.41, 5.74) is 2.86. The molecule has 1 aliphatic heterocycles. The molecule has 2 aromatic heterocycles. The quantitative estimate of drug-likeness (QED) is 0.666. The second kappa shape index (κ2) is 9.39. The first-order valence-electron chi connectivity index (χ1n) is 9.93. The van der Waals surface area contributed by atoms with E-state index in [0.29, 0.717) is 12.1 Å². The monoisotopic (exact) mass is 391 g/mol. The van der Waals surface area contributed by atoms with E-state index in [1.807, 2.05) is 42.5 Å². The van der Waals surface area contributed by atoms with Crippen molar-refractivity contribution in [3.05, 3.63) is 84.1 Å². The number of hydrogen-bond acceptors (Lipinski definition) is 5. The number of benzene rings is 1. The number of furan rings is 1. The van der Waals surface area contributed by atoms with Gasteiger partial charge in [-0.2, -0.15) is 0 Å². The van der Waals surface area contributed by atoms with E-state index < -0.39 is 0 Å². The Morgan fingerprint density at radius 3 is 2.52 bits per heavy atom. The second-order valence-electron chi connectivity index (χ2n) is 7.29. The molecule has 0 radical (unpaired) electrons. The minimum Gasteiger partial charge on any atom is -0.490 e. The molecule has 0 atom stereocenters. The number of pyridine rings is 1. The first-order chi connectivity index (χ1) is 14.3. The lowest BCUT2D eigenvalue weighted by atomic mass is 10.1. The van der Waals surface area contributed by atoms with Crippen LogP contribution in [0.25, 0.3) is 0 Å². The van der Waals surface area contributed by atoms with E-state index in [1.165, 1.54) is 5.56 Å². The number of piperidine rings is 1. The third-order valence-corrected chi connectivity index (χ3v) is 5.14. The minimum atomic E-state index is -0.0964. The summed E-state index contributed by atoms with van der Waals surface area (Å²) in [6.07, 6.45) is 9.15. The van der Waals surface area contributed by atoms with Crippen molar-refractivity contribution in [3.8, 4) is 5.75 Å². The largest absolute Gasteiger partial charge is 0.490 e. The molecule has 1 saturated heterocycles. The van der Waals surface area contributed by atoms with Crippen molar-refractivity contribution in [3.63, 3.8) is 0 Å². The summed E-state index contributed by atoms with van der Waals surface area (Å²) in [6.45, 7) is 3.42. The Morgan fingerprint density at radius 1 is 1.07 bits per heavy atom. The van der Waals surface area contributed by atoms with Crippen LogP contribution in [-0.4, -0.2) is 35.0 Å². The molecule has 0 aliphatic carbocycles. The predicted molar refractivity (Wildman–Crippen MR) is 109 cm³/mol. The van der Waals surface area contributed by atoms with Crippen LogP contribution in [0.4, 0.5) is 0 Å². The van der Waals surface area contributed by atoms with Crippen molar-refractivity contribution in [1.29, 1.82) is 0 Å². The number of amides is 1. The zero-order chi connectivity index (χ0) is 19.9. The maximum atomic E-state index is 12.3. The van der Waals surface area contributed by atoms with Gasteiger partial charge in [-0.15, -0.1) is 0 Å². The van der Waals surface area contributed by atoms with Crippen LogP contribution in [0.15, 0.2) is 71.8 Å². The Morgan fingerprint density at radius 2 is 1.83 bits per heavy atom. The van der Waals surface area contributed by atoms with Gasteiger partial charge in [0.25, 0.3) is 5.91 Å². The highest BCUT2D eigenvalue weighted by atomic mass is 16.5. The maximum Gasteiger partial charge on any atom is 0.251 e. The highest BCUT2D eigenvalue weighted by Crippen LogP contribution is 2.21. The molecule has 4 rings (SSSR count). The van der Waals surface area contributed by atoms with E-state index >= 15 is 0 Å². The average Bonchev–Trinajstić information content (AvgIpc) is 3.28. The standard InChI is InChI=1S/C23H25N3O3/c27-23(25-15-18-5-10-24-11-6-18)20-1-3-21(4-2-20)29-22-7-12-26(13-8-22)16-19-9-14-28-17-19/h1-6,9-11,14,17,22H,7-8,12-13,15-16H2,(H,25,27). The van der Waals surface area contributed by atoms with Crippen LogP contribution in [0.5, 0.6) is 5.75 Å². The number of nitrogens with one attached hydrogen (secondary N) is 1. The third-order valence-electron chi connectivity index (χ3n) is 5.14. The molecule has 6 heteroatoms. The molecule has 3 heterocycles. The van der Waals surface area contributed by atoms with Crippen LogP contribution in [0.2, 0.25) is 0 Å². The Kier molecular flexibility index (Phi) is 6.22. The molecule has 0 spiro atoms. The van der Waals surface area contributed by atoms with Crippen molar-refractivity contribution >= 4 is 5.91 Å². The molecular formula is C23H25N3O3. The van der Waals surface area contributed by atoms with Gasteiger partial charge in [0, 0.05) is 49.7 Å². The molecule has 0 bridgehead atoms. The van der Waals surface area contributed by atoms with Crippen LogP contribution in [0.1, 0.15) is 34.3 Å². The lowest BCUT2D eigenvalue weighted by molar-refractivity contribution is 0.0948. The summed E-state index contributed by atoms with van der Waals surface area (Å²) < 4.78 is 11.3. The van der Waals surface area contributed by atoms with Gasteiger partial charge in [0.2, 0.25) is 0 Å². The Hall–Kier alpha value is -3.12.